The Hall–Kier alpha value is -1.10. The molecule has 1 heterocycles. The Bertz CT molecular complexity index is 419. The summed E-state index contributed by atoms with van der Waals surface area (Å²) in [4.78, 5) is 18.4. The maximum Gasteiger partial charge on any atom is 0.317 e. The molecule has 0 saturated heterocycles. The number of hydrogen-bond donors (Lipinski definition) is 1. The van der Waals surface area contributed by atoms with E-state index in [2.05, 4.69) is 36.5 Å². The number of carbonyl (C=O) groups is 1. The monoisotopic (exact) mass is 283 g/mol. The largest absolute Gasteiger partial charge is 0.329 e. The van der Waals surface area contributed by atoms with Crippen LogP contribution in [0.5, 0.6) is 0 Å². The number of hydrogen-bond acceptors (Lipinski definition) is 3. The van der Waals surface area contributed by atoms with Crippen molar-refractivity contribution in [3.05, 3.63) is 16.1 Å². The highest BCUT2D eigenvalue weighted by Crippen LogP contribution is 2.26. The number of carbonyl (C=O) groups excluding carboxylic acids is 1. The third-order valence-electron chi connectivity index (χ3n) is 3.05. The quantitative estimate of drug-likeness (QED) is 0.918. The van der Waals surface area contributed by atoms with Gasteiger partial charge in [-0.1, -0.05) is 20.8 Å². The van der Waals surface area contributed by atoms with Crippen molar-refractivity contribution in [2.45, 2.75) is 53.0 Å². The van der Waals surface area contributed by atoms with Crippen LogP contribution in [0, 0.1) is 0 Å². The first-order chi connectivity index (χ1) is 8.79. The van der Waals surface area contributed by atoms with Gasteiger partial charge in [0.1, 0.15) is 5.01 Å². The average Bonchev–Trinajstić information content (AvgIpc) is 2.79. The molecule has 0 aliphatic rings. The van der Waals surface area contributed by atoms with E-state index in [1.54, 1.807) is 16.2 Å². The predicted molar refractivity (Wildman–Crippen MR) is 80.7 cm³/mol. The van der Waals surface area contributed by atoms with Crippen molar-refractivity contribution in [3.8, 4) is 0 Å². The highest BCUT2D eigenvalue weighted by molar-refractivity contribution is 7.09. The minimum absolute atomic E-state index is 0.0231. The molecule has 1 aromatic rings. The molecule has 19 heavy (non-hydrogen) atoms. The number of aromatic nitrogens is 1. The van der Waals surface area contributed by atoms with E-state index >= 15 is 0 Å². The molecular formula is C14H25N3OS. The van der Waals surface area contributed by atoms with Gasteiger partial charge in [0.2, 0.25) is 0 Å². The van der Waals surface area contributed by atoms with Gasteiger partial charge in [0.15, 0.2) is 0 Å². The Labute approximate surface area is 120 Å². The lowest BCUT2D eigenvalue weighted by Gasteiger charge is -2.21. The smallest absolute Gasteiger partial charge is 0.317 e. The molecule has 1 rings (SSSR count). The summed E-state index contributed by atoms with van der Waals surface area (Å²) in [5, 5.41) is 6.04. The summed E-state index contributed by atoms with van der Waals surface area (Å²) in [6.45, 7) is 13.8. The zero-order valence-corrected chi connectivity index (χ0v) is 13.6. The van der Waals surface area contributed by atoms with Crippen LogP contribution in [0.25, 0.3) is 0 Å². The van der Waals surface area contributed by atoms with Crippen LogP contribution in [0.1, 0.15) is 58.3 Å². The van der Waals surface area contributed by atoms with Crippen molar-refractivity contribution < 1.29 is 4.79 Å². The number of thiazole rings is 1. The highest BCUT2D eigenvalue weighted by atomic mass is 32.1. The fourth-order valence-electron chi connectivity index (χ4n) is 1.68. The number of rotatable bonds is 4. The maximum atomic E-state index is 12.0. The minimum atomic E-state index is -0.0470. The molecule has 0 radical (unpaired) electrons. The molecule has 0 spiro atoms. The number of nitrogens with zero attached hydrogens (tertiary/aromatic N) is 2. The average molecular weight is 283 g/mol. The molecule has 1 atom stereocenters. The van der Waals surface area contributed by atoms with Gasteiger partial charge in [-0.05, 0) is 20.8 Å². The second-order valence-electron chi connectivity index (χ2n) is 5.66. The van der Waals surface area contributed by atoms with Gasteiger partial charge in [-0.2, -0.15) is 0 Å². The van der Waals surface area contributed by atoms with Gasteiger partial charge >= 0.3 is 6.03 Å². The zero-order valence-electron chi connectivity index (χ0n) is 12.8. The van der Waals surface area contributed by atoms with E-state index in [1.807, 2.05) is 20.8 Å². The van der Waals surface area contributed by atoms with E-state index in [4.69, 9.17) is 0 Å². The number of amides is 2. The van der Waals surface area contributed by atoms with Gasteiger partial charge < -0.3 is 10.2 Å². The van der Waals surface area contributed by atoms with Crippen LogP contribution in [0.4, 0.5) is 4.79 Å². The summed E-state index contributed by atoms with van der Waals surface area (Å²) in [5.74, 6) is 0. The summed E-state index contributed by atoms with van der Waals surface area (Å²) in [7, 11) is 0. The zero-order chi connectivity index (χ0) is 14.6. The van der Waals surface area contributed by atoms with Crippen LogP contribution in [0.3, 0.4) is 0 Å². The molecule has 4 nitrogen and oxygen atoms in total. The molecule has 0 saturated carbocycles. The summed E-state index contributed by atoms with van der Waals surface area (Å²) < 4.78 is 0. The van der Waals surface area contributed by atoms with Crippen molar-refractivity contribution in [1.82, 2.24) is 15.2 Å². The van der Waals surface area contributed by atoms with Gasteiger partial charge in [-0.25, -0.2) is 9.78 Å². The van der Waals surface area contributed by atoms with E-state index in [0.29, 0.717) is 0 Å². The molecule has 1 N–H and O–H groups in total. The Kier molecular flexibility index (Phi) is 5.35. The van der Waals surface area contributed by atoms with Crippen molar-refractivity contribution in [2.24, 2.45) is 0 Å². The van der Waals surface area contributed by atoms with Gasteiger partial charge in [0.05, 0.1) is 11.7 Å². The molecule has 0 bridgehead atoms. The van der Waals surface area contributed by atoms with Crippen LogP contribution in [-0.4, -0.2) is 29.0 Å². The summed E-state index contributed by atoms with van der Waals surface area (Å²) in [6, 6.07) is -0.0702. The lowest BCUT2D eigenvalue weighted by atomic mass is 9.93. The van der Waals surface area contributed by atoms with Crippen molar-refractivity contribution >= 4 is 17.4 Å². The van der Waals surface area contributed by atoms with Crippen LogP contribution in [0.2, 0.25) is 0 Å². The van der Waals surface area contributed by atoms with Gasteiger partial charge in [0.25, 0.3) is 0 Å². The van der Waals surface area contributed by atoms with Crippen molar-refractivity contribution in [1.29, 1.82) is 0 Å². The standard InChI is InChI=1S/C14H25N3OS/c1-7-17(8-2)13(18)15-10(3)12-16-11(9-19-12)14(4,5)6/h9-10H,7-8H2,1-6H3,(H,15,18). The summed E-state index contributed by atoms with van der Waals surface area (Å²) in [6.07, 6.45) is 0. The third kappa shape index (κ3) is 4.20. The van der Waals surface area contributed by atoms with Crippen LogP contribution < -0.4 is 5.32 Å². The van der Waals surface area contributed by atoms with E-state index in [9.17, 15) is 4.79 Å². The second kappa shape index (κ2) is 6.37. The van der Waals surface area contributed by atoms with Gasteiger partial charge in [-0.3, -0.25) is 0 Å². The Balaban J connectivity index is 2.71. The molecule has 1 unspecified atom stereocenters. The Morgan fingerprint density at radius 2 is 2.00 bits per heavy atom. The molecule has 1 aromatic heterocycles. The highest BCUT2D eigenvalue weighted by Gasteiger charge is 2.21. The molecule has 0 fully saturated rings. The van der Waals surface area contributed by atoms with Crippen molar-refractivity contribution in [2.75, 3.05) is 13.1 Å². The molecule has 0 aromatic carbocycles. The normalized spacial score (nSPS) is 13.2. The third-order valence-corrected chi connectivity index (χ3v) is 4.08. The predicted octanol–water partition coefficient (Wildman–Crippen LogP) is 3.55. The summed E-state index contributed by atoms with van der Waals surface area (Å²) in [5.41, 5.74) is 1.13. The molecule has 0 aliphatic heterocycles. The van der Waals surface area contributed by atoms with Gasteiger partial charge in [0, 0.05) is 23.9 Å². The SMILES string of the molecule is CCN(CC)C(=O)NC(C)c1nc(C(C)(C)C)cs1. The lowest BCUT2D eigenvalue weighted by molar-refractivity contribution is 0.200. The Morgan fingerprint density at radius 3 is 2.42 bits per heavy atom. The maximum absolute atomic E-state index is 12.0. The number of urea groups is 1. The lowest BCUT2D eigenvalue weighted by Crippen LogP contribution is -2.40. The number of nitrogens with one attached hydrogen (secondary N) is 1. The molecule has 2 amide bonds. The Morgan fingerprint density at radius 1 is 1.42 bits per heavy atom. The molecule has 5 heteroatoms. The first kappa shape index (κ1) is 16.0. The van der Waals surface area contributed by atoms with Gasteiger partial charge in [-0.15, -0.1) is 11.3 Å². The van der Waals surface area contributed by atoms with E-state index in [-0.39, 0.29) is 17.5 Å². The molecular weight excluding hydrogens is 258 g/mol. The van der Waals surface area contributed by atoms with Crippen molar-refractivity contribution in [3.63, 3.8) is 0 Å². The van der Waals surface area contributed by atoms with E-state index in [0.717, 1.165) is 23.8 Å². The fourth-order valence-corrected chi connectivity index (χ4v) is 2.73. The minimum Gasteiger partial charge on any atom is -0.329 e. The first-order valence-corrected chi connectivity index (χ1v) is 7.68. The van der Waals surface area contributed by atoms with Crippen LogP contribution in [0.15, 0.2) is 5.38 Å². The van der Waals surface area contributed by atoms with Crippen LogP contribution >= 0.6 is 11.3 Å². The molecule has 108 valence electrons. The fraction of sp³-hybridized carbons (Fsp3) is 0.714. The first-order valence-electron chi connectivity index (χ1n) is 6.80. The van der Waals surface area contributed by atoms with Crippen LogP contribution in [-0.2, 0) is 5.41 Å². The summed E-state index contributed by atoms with van der Waals surface area (Å²) >= 11 is 1.61. The molecule has 0 aliphatic carbocycles. The van der Waals surface area contributed by atoms with E-state index in [1.165, 1.54) is 0 Å². The second-order valence-corrected chi connectivity index (χ2v) is 6.55. The van der Waals surface area contributed by atoms with E-state index < -0.39 is 0 Å². The topological polar surface area (TPSA) is 45.2 Å².